The van der Waals surface area contributed by atoms with E-state index < -0.39 is 0 Å². The molecule has 2 rings (SSSR count). The maximum atomic E-state index is 11.0. The highest BCUT2D eigenvalue weighted by atomic mass is 35.5. The maximum absolute atomic E-state index is 11.0. The Bertz CT molecular complexity index is 395. The molecule has 1 aromatic rings. The third-order valence-electron chi connectivity index (χ3n) is 3.45. The van der Waals surface area contributed by atoms with Crippen molar-refractivity contribution in [1.82, 2.24) is 0 Å². The van der Waals surface area contributed by atoms with Crippen LogP contribution in [0.2, 0.25) is 5.02 Å². The van der Waals surface area contributed by atoms with Crippen molar-refractivity contribution in [3.05, 3.63) is 28.8 Å². The van der Waals surface area contributed by atoms with Gasteiger partial charge in [-0.05, 0) is 24.0 Å². The third-order valence-corrected chi connectivity index (χ3v) is 3.75. The summed E-state index contributed by atoms with van der Waals surface area (Å²) < 4.78 is 0. The minimum atomic E-state index is 0.649. The Hall–Kier alpha value is -1.02. The summed E-state index contributed by atoms with van der Waals surface area (Å²) in [5.74, 6) is 1.30. The molecule has 1 aliphatic heterocycles. The number of carbonyl (C=O) groups is 1. The van der Waals surface area contributed by atoms with E-state index in [1.165, 1.54) is 0 Å². The van der Waals surface area contributed by atoms with Gasteiger partial charge < -0.3 is 4.90 Å². The van der Waals surface area contributed by atoms with Crippen molar-refractivity contribution in [1.29, 1.82) is 0 Å². The Balaban J connectivity index is 2.37. The van der Waals surface area contributed by atoms with E-state index in [0.717, 1.165) is 25.1 Å². The molecule has 86 valence electrons. The minimum absolute atomic E-state index is 0.649. The topological polar surface area (TPSA) is 20.3 Å². The number of hydrogen-bond acceptors (Lipinski definition) is 2. The Morgan fingerprint density at radius 2 is 1.94 bits per heavy atom. The Kier molecular flexibility index (Phi) is 3.20. The average molecular weight is 238 g/mol. The Morgan fingerprint density at radius 1 is 1.31 bits per heavy atom. The number of halogens is 1. The van der Waals surface area contributed by atoms with Crippen LogP contribution >= 0.6 is 11.6 Å². The van der Waals surface area contributed by atoms with E-state index in [2.05, 4.69) is 18.7 Å². The number of nitrogens with zero attached hydrogens (tertiary/aromatic N) is 1. The van der Waals surface area contributed by atoms with Gasteiger partial charge in [-0.25, -0.2) is 0 Å². The summed E-state index contributed by atoms with van der Waals surface area (Å²) in [7, 11) is 0. The second-order valence-electron chi connectivity index (χ2n) is 4.66. The van der Waals surface area contributed by atoms with Crippen LogP contribution in [0.15, 0.2) is 18.2 Å². The number of para-hydroxylation sites is 1. The fourth-order valence-electron chi connectivity index (χ4n) is 2.27. The molecule has 1 aromatic carbocycles. The first-order valence-electron chi connectivity index (χ1n) is 5.62. The van der Waals surface area contributed by atoms with Crippen LogP contribution in [0.3, 0.4) is 0 Å². The summed E-state index contributed by atoms with van der Waals surface area (Å²) in [5.41, 5.74) is 1.59. The first kappa shape index (κ1) is 11.5. The number of hydrogen-bond donors (Lipinski definition) is 0. The van der Waals surface area contributed by atoms with Crippen molar-refractivity contribution in [2.75, 3.05) is 18.0 Å². The van der Waals surface area contributed by atoms with Gasteiger partial charge >= 0.3 is 0 Å². The van der Waals surface area contributed by atoms with Crippen LogP contribution in [0.1, 0.15) is 24.2 Å². The molecule has 1 aliphatic rings. The summed E-state index contributed by atoms with van der Waals surface area (Å²) in [4.78, 5) is 13.2. The maximum Gasteiger partial charge on any atom is 0.152 e. The van der Waals surface area contributed by atoms with Crippen LogP contribution in [0.4, 0.5) is 5.69 Å². The molecule has 3 heteroatoms. The molecule has 0 amide bonds. The molecule has 0 radical (unpaired) electrons. The first-order valence-corrected chi connectivity index (χ1v) is 6.00. The quantitative estimate of drug-likeness (QED) is 0.736. The highest BCUT2D eigenvalue weighted by Gasteiger charge is 2.28. The molecule has 0 bridgehead atoms. The van der Waals surface area contributed by atoms with E-state index in [1.807, 2.05) is 18.2 Å². The van der Waals surface area contributed by atoms with E-state index in [-0.39, 0.29) is 0 Å². The Morgan fingerprint density at radius 3 is 2.50 bits per heavy atom. The molecule has 0 aliphatic carbocycles. The van der Waals surface area contributed by atoms with E-state index in [9.17, 15) is 4.79 Å². The minimum Gasteiger partial charge on any atom is -0.369 e. The van der Waals surface area contributed by atoms with Gasteiger partial charge in [0.1, 0.15) is 0 Å². The molecule has 0 N–H and O–H groups in total. The fraction of sp³-hybridized carbons (Fsp3) is 0.462. The molecular formula is C13H16ClNO. The molecule has 1 fully saturated rings. The van der Waals surface area contributed by atoms with Crippen LogP contribution in [-0.2, 0) is 0 Å². The number of anilines is 1. The van der Waals surface area contributed by atoms with Crippen LogP contribution in [0.25, 0.3) is 0 Å². The predicted octanol–water partition coefficient (Wildman–Crippen LogP) is 3.24. The predicted molar refractivity (Wildman–Crippen MR) is 67.4 cm³/mol. The van der Waals surface area contributed by atoms with Gasteiger partial charge in [-0.1, -0.05) is 31.5 Å². The van der Waals surface area contributed by atoms with Crippen molar-refractivity contribution >= 4 is 23.6 Å². The molecule has 2 unspecified atom stereocenters. The van der Waals surface area contributed by atoms with Crippen molar-refractivity contribution < 1.29 is 4.79 Å². The molecule has 2 atom stereocenters. The second kappa shape index (κ2) is 4.46. The zero-order valence-corrected chi connectivity index (χ0v) is 10.4. The summed E-state index contributed by atoms with van der Waals surface area (Å²) in [6.07, 6.45) is 0.884. The summed E-state index contributed by atoms with van der Waals surface area (Å²) in [5, 5.41) is 0.672. The lowest BCUT2D eigenvalue weighted by molar-refractivity contribution is 0.112. The third kappa shape index (κ3) is 1.94. The van der Waals surface area contributed by atoms with Gasteiger partial charge in [-0.15, -0.1) is 0 Å². The zero-order valence-electron chi connectivity index (χ0n) is 9.61. The smallest absolute Gasteiger partial charge is 0.152 e. The second-order valence-corrected chi connectivity index (χ2v) is 5.06. The zero-order chi connectivity index (χ0) is 11.7. The molecule has 2 nitrogen and oxygen atoms in total. The van der Waals surface area contributed by atoms with Gasteiger partial charge in [-0.3, -0.25) is 4.79 Å². The lowest BCUT2D eigenvalue weighted by Gasteiger charge is -2.21. The lowest BCUT2D eigenvalue weighted by Crippen LogP contribution is -2.21. The SMILES string of the molecule is CC1CN(c2c(Cl)cccc2C=O)CC1C. The number of carbonyl (C=O) groups excluding carboxylic acids is 1. The van der Waals surface area contributed by atoms with Crippen molar-refractivity contribution in [2.24, 2.45) is 11.8 Å². The van der Waals surface area contributed by atoms with Crippen molar-refractivity contribution in [2.45, 2.75) is 13.8 Å². The van der Waals surface area contributed by atoms with Gasteiger partial charge in [0.15, 0.2) is 6.29 Å². The fourth-order valence-corrected chi connectivity index (χ4v) is 2.57. The molecule has 0 saturated carbocycles. The molecule has 0 aromatic heterocycles. The summed E-state index contributed by atoms with van der Waals surface area (Å²) in [6.45, 7) is 6.43. The number of rotatable bonds is 2. The first-order chi connectivity index (χ1) is 7.63. The van der Waals surface area contributed by atoms with Gasteiger partial charge in [0.05, 0.1) is 10.7 Å². The van der Waals surface area contributed by atoms with E-state index in [1.54, 1.807) is 0 Å². The normalized spacial score (nSPS) is 24.8. The van der Waals surface area contributed by atoms with E-state index in [0.29, 0.717) is 22.4 Å². The highest BCUT2D eigenvalue weighted by Crippen LogP contribution is 2.34. The number of aldehydes is 1. The summed E-state index contributed by atoms with van der Waals surface area (Å²) >= 11 is 6.18. The lowest BCUT2D eigenvalue weighted by atomic mass is 10.0. The molecule has 1 saturated heterocycles. The van der Waals surface area contributed by atoms with Gasteiger partial charge in [0.2, 0.25) is 0 Å². The molecule has 16 heavy (non-hydrogen) atoms. The van der Waals surface area contributed by atoms with Crippen LogP contribution in [0, 0.1) is 11.8 Å². The monoisotopic (exact) mass is 237 g/mol. The largest absolute Gasteiger partial charge is 0.369 e. The van der Waals surface area contributed by atoms with E-state index >= 15 is 0 Å². The molecule has 1 heterocycles. The van der Waals surface area contributed by atoms with E-state index in [4.69, 9.17) is 11.6 Å². The Labute approximate surface area is 101 Å². The van der Waals surface area contributed by atoms with Gasteiger partial charge in [0, 0.05) is 18.7 Å². The molecule has 0 spiro atoms. The van der Waals surface area contributed by atoms with Crippen LogP contribution < -0.4 is 4.90 Å². The van der Waals surface area contributed by atoms with Gasteiger partial charge in [0.25, 0.3) is 0 Å². The molecular weight excluding hydrogens is 222 g/mol. The highest BCUT2D eigenvalue weighted by molar-refractivity contribution is 6.33. The average Bonchev–Trinajstić information content (AvgIpc) is 2.58. The van der Waals surface area contributed by atoms with Crippen molar-refractivity contribution in [3.63, 3.8) is 0 Å². The standard InChI is InChI=1S/C13H16ClNO/c1-9-6-15(7-10(9)2)13-11(8-16)4-3-5-12(13)14/h3-5,8-10H,6-7H2,1-2H3. The van der Waals surface area contributed by atoms with Crippen LogP contribution in [-0.4, -0.2) is 19.4 Å². The summed E-state index contributed by atoms with van der Waals surface area (Å²) in [6, 6.07) is 5.48. The van der Waals surface area contributed by atoms with Crippen molar-refractivity contribution in [3.8, 4) is 0 Å². The van der Waals surface area contributed by atoms with Gasteiger partial charge in [-0.2, -0.15) is 0 Å². The number of benzene rings is 1. The van der Waals surface area contributed by atoms with Crippen LogP contribution in [0.5, 0.6) is 0 Å².